The maximum atomic E-state index is 14.5. The SMILES string of the molecule is CC(C)C(=N)SC(=N)c1ccc(Oc2cc(C(N)=O)c(F)cc2CN2C[C@@H](C)CC2=O)cc1.CC[C@@H]1CCN(C2CCOCC2)CC1(F)F. The number of benzene rings is 2. The van der Waals surface area contributed by atoms with E-state index >= 15 is 0 Å². The minimum absolute atomic E-state index is 0.0137. The second-order valence-corrected chi connectivity index (χ2v) is 14.5. The number of alkyl halides is 2. The van der Waals surface area contributed by atoms with Crippen LogP contribution in [0.3, 0.4) is 0 Å². The summed E-state index contributed by atoms with van der Waals surface area (Å²) in [5, 5.41) is 16.8. The number of nitrogens with two attached hydrogens (primary N) is 1. The maximum absolute atomic E-state index is 14.5. The van der Waals surface area contributed by atoms with E-state index in [1.807, 2.05) is 32.6 Å². The normalized spacial score (nSPS) is 21.3. The standard InChI is InChI=1S/C24H27FN4O3S.C12H21F2NO/c1-13(2)23(27)33-24(28)15-4-6-17(7-5-15)32-20-10-18(22(26)31)19(25)9-16(20)12-29-11-14(3)8-21(29)30;1-2-10-3-6-15(9-12(10,13)14)11-4-7-16-8-5-11/h4-7,9-10,13-14,27-28H,8,11-12H2,1-3H3,(H2,26,31);10-11H,2-9H2,1H3/t14-;10-/m01/s1. The van der Waals surface area contributed by atoms with E-state index in [1.165, 1.54) is 12.1 Å². The van der Waals surface area contributed by atoms with Crippen molar-refractivity contribution in [2.24, 2.45) is 23.5 Å². The monoisotopic (exact) mass is 703 g/mol. The molecule has 9 nitrogen and oxygen atoms in total. The lowest BCUT2D eigenvalue weighted by Gasteiger charge is -2.43. The number of thioether (sulfide) groups is 1. The number of nitrogens with one attached hydrogen (secondary N) is 2. The molecule has 2 atom stereocenters. The quantitative estimate of drug-likeness (QED) is 0.185. The fourth-order valence-electron chi connectivity index (χ4n) is 6.29. The second-order valence-electron chi connectivity index (χ2n) is 13.4. The molecule has 2 amide bonds. The zero-order valence-electron chi connectivity index (χ0n) is 28.7. The van der Waals surface area contributed by atoms with E-state index in [-0.39, 0.29) is 47.2 Å². The summed E-state index contributed by atoms with van der Waals surface area (Å²) >= 11 is 1.09. The largest absolute Gasteiger partial charge is 0.457 e. The number of nitrogens with zero attached hydrogens (tertiary/aromatic N) is 2. The molecule has 0 radical (unpaired) electrons. The van der Waals surface area contributed by atoms with E-state index in [1.54, 1.807) is 29.2 Å². The first-order valence-corrected chi connectivity index (χ1v) is 17.7. The Morgan fingerprint density at radius 1 is 1.14 bits per heavy atom. The van der Waals surface area contributed by atoms with Crippen molar-refractivity contribution < 1.29 is 32.2 Å². The van der Waals surface area contributed by atoms with Crippen LogP contribution in [0.5, 0.6) is 11.5 Å². The van der Waals surface area contributed by atoms with Crippen molar-refractivity contribution in [3.63, 3.8) is 0 Å². The maximum Gasteiger partial charge on any atom is 0.263 e. The Morgan fingerprint density at radius 2 is 1.82 bits per heavy atom. The van der Waals surface area contributed by atoms with Crippen molar-refractivity contribution in [3.8, 4) is 11.5 Å². The Kier molecular flexibility index (Phi) is 13.3. The summed E-state index contributed by atoms with van der Waals surface area (Å²) in [7, 11) is 0. The average Bonchev–Trinajstić information content (AvgIpc) is 3.38. The fraction of sp³-hybridized carbons (Fsp3) is 0.556. The summed E-state index contributed by atoms with van der Waals surface area (Å²) in [6.45, 7) is 10.6. The summed E-state index contributed by atoms with van der Waals surface area (Å²) < 4.78 is 53.3. The van der Waals surface area contributed by atoms with Gasteiger partial charge in [-0.1, -0.05) is 39.5 Å². The predicted molar refractivity (Wildman–Crippen MR) is 186 cm³/mol. The molecule has 49 heavy (non-hydrogen) atoms. The van der Waals surface area contributed by atoms with Gasteiger partial charge in [0.2, 0.25) is 5.91 Å². The van der Waals surface area contributed by atoms with Gasteiger partial charge in [0.15, 0.2) is 0 Å². The zero-order valence-corrected chi connectivity index (χ0v) is 29.5. The Balaban J connectivity index is 0.000000281. The molecule has 268 valence electrons. The minimum atomic E-state index is -2.49. The molecule has 3 aliphatic heterocycles. The van der Waals surface area contributed by atoms with Gasteiger partial charge in [-0.3, -0.25) is 25.3 Å². The van der Waals surface area contributed by atoms with Gasteiger partial charge in [0, 0.05) is 61.7 Å². The van der Waals surface area contributed by atoms with E-state index in [0.717, 1.165) is 44.4 Å². The lowest BCUT2D eigenvalue weighted by Crippen LogP contribution is -2.53. The van der Waals surface area contributed by atoms with Crippen LogP contribution in [0.15, 0.2) is 36.4 Å². The first-order valence-electron chi connectivity index (χ1n) is 16.9. The lowest BCUT2D eigenvalue weighted by molar-refractivity contribution is -0.128. The number of primary amides is 1. The van der Waals surface area contributed by atoms with Crippen LogP contribution >= 0.6 is 11.8 Å². The minimum Gasteiger partial charge on any atom is -0.457 e. The topological polar surface area (TPSA) is 133 Å². The predicted octanol–water partition coefficient (Wildman–Crippen LogP) is 7.31. The van der Waals surface area contributed by atoms with Gasteiger partial charge in [0.05, 0.1) is 17.2 Å². The third kappa shape index (κ3) is 10.3. The number of carbonyl (C=O) groups excluding carboxylic acids is 2. The molecule has 3 aliphatic rings. The number of amides is 2. The van der Waals surface area contributed by atoms with Crippen LogP contribution in [0, 0.1) is 34.4 Å². The van der Waals surface area contributed by atoms with E-state index in [0.29, 0.717) is 53.8 Å². The molecule has 5 rings (SSSR count). The summed E-state index contributed by atoms with van der Waals surface area (Å²) in [5.74, 6) is -3.69. The molecule has 0 aliphatic carbocycles. The van der Waals surface area contributed by atoms with E-state index in [2.05, 4.69) is 0 Å². The van der Waals surface area contributed by atoms with Crippen LogP contribution in [-0.4, -0.2) is 76.5 Å². The number of likely N-dealkylation sites (tertiary alicyclic amines) is 2. The Hall–Kier alpha value is -3.42. The van der Waals surface area contributed by atoms with Crippen LogP contribution in [-0.2, 0) is 16.1 Å². The molecule has 0 spiro atoms. The highest BCUT2D eigenvalue weighted by atomic mass is 32.2. The van der Waals surface area contributed by atoms with Gasteiger partial charge in [-0.15, -0.1) is 0 Å². The molecule has 3 saturated heterocycles. The molecule has 0 unspecified atom stereocenters. The van der Waals surface area contributed by atoms with Crippen LogP contribution in [0.25, 0.3) is 0 Å². The number of rotatable bonds is 9. The molecule has 0 bridgehead atoms. The Morgan fingerprint density at radius 3 is 2.37 bits per heavy atom. The van der Waals surface area contributed by atoms with E-state index in [9.17, 15) is 22.8 Å². The van der Waals surface area contributed by atoms with Crippen molar-refractivity contribution in [2.45, 2.75) is 78.3 Å². The molecule has 3 fully saturated rings. The molecule has 2 aromatic carbocycles. The third-order valence-electron chi connectivity index (χ3n) is 9.24. The highest BCUT2D eigenvalue weighted by Crippen LogP contribution is 2.37. The zero-order chi connectivity index (χ0) is 35.9. The van der Waals surface area contributed by atoms with Gasteiger partial charge in [-0.05, 0) is 74.5 Å². The van der Waals surface area contributed by atoms with Gasteiger partial charge in [0.1, 0.15) is 22.4 Å². The molecule has 0 saturated carbocycles. The molecule has 0 aromatic heterocycles. The molecule has 4 N–H and O–H groups in total. The van der Waals surface area contributed by atoms with E-state index in [4.69, 9.17) is 26.0 Å². The van der Waals surface area contributed by atoms with Crippen molar-refractivity contribution in [2.75, 3.05) is 32.8 Å². The number of ether oxygens (including phenoxy) is 2. The molecular formula is C36H48F3N5O4S. The van der Waals surface area contributed by atoms with Crippen LogP contribution in [0.1, 0.15) is 81.3 Å². The molecule has 2 aromatic rings. The van der Waals surface area contributed by atoms with Crippen molar-refractivity contribution in [1.82, 2.24) is 9.80 Å². The van der Waals surface area contributed by atoms with Gasteiger partial charge in [-0.25, -0.2) is 13.2 Å². The van der Waals surface area contributed by atoms with Crippen LogP contribution in [0.2, 0.25) is 0 Å². The summed E-state index contributed by atoms with van der Waals surface area (Å²) in [4.78, 5) is 27.5. The average molecular weight is 704 g/mol. The summed E-state index contributed by atoms with van der Waals surface area (Å²) in [5.41, 5.74) is 6.07. The first-order chi connectivity index (χ1) is 23.2. The van der Waals surface area contributed by atoms with Crippen LogP contribution < -0.4 is 10.5 Å². The van der Waals surface area contributed by atoms with Gasteiger partial charge in [-0.2, -0.15) is 0 Å². The van der Waals surface area contributed by atoms with Crippen molar-refractivity contribution in [1.29, 1.82) is 10.8 Å². The Labute approximate surface area is 291 Å². The highest BCUT2D eigenvalue weighted by molar-refractivity contribution is 8.26. The number of carbonyl (C=O) groups is 2. The third-order valence-corrected chi connectivity index (χ3v) is 10.4. The molecule has 13 heteroatoms. The van der Waals surface area contributed by atoms with Crippen molar-refractivity contribution >= 4 is 33.7 Å². The smallest absolute Gasteiger partial charge is 0.263 e. The van der Waals surface area contributed by atoms with Crippen molar-refractivity contribution in [3.05, 3.63) is 58.9 Å². The van der Waals surface area contributed by atoms with Crippen LogP contribution in [0.4, 0.5) is 13.2 Å². The summed E-state index contributed by atoms with van der Waals surface area (Å²) in [6.07, 6.45) is 3.49. The molecule has 3 heterocycles. The first kappa shape index (κ1) is 38.4. The number of hydrogen-bond donors (Lipinski definition) is 3. The molecular weight excluding hydrogens is 655 g/mol. The number of hydrogen-bond acceptors (Lipinski definition) is 8. The Bertz CT molecular complexity index is 1500. The summed E-state index contributed by atoms with van der Waals surface area (Å²) in [6, 6.07) is 9.46. The second kappa shape index (κ2) is 17.0. The fourth-order valence-corrected chi connectivity index (χ4v) is 7.00. The number of halogens is 3. The van der Waals surface area contributed by atoms with Gasteiger partial charge >= 0.3 is 0 Å². The lowest BCUT2D eigenvalue weighted by atomic mass is 9.89. The van der Waals surface area contributed by atoms with Gasteiger partial charge < -0.3 is 20.1 Å². The highest BCUT2D eigenvalue weighted by Gasteiger charge is 2.45. The number of piperidine rings is 1. The van der Waals surface area contributed by atoms with E-state index < -0.39 is 23.6 Å². The van der Waals surface area contributed by atoms with Gasteiger partial charge in [0.25, 0.3) is 11.8 Å².